The second-order valence-electron chi connectivity index (χ2n) is 5.42. The standard InChI is InChI=1S/C11H19N/c1-2-11-4-9-3-10(5-11)7-12(6-9)8-11/h9-10H,2-8H2,1H3. The quantitative estimate of drug-likeness (QED) is 0.575. The molecule has 2 atom stereocenters. The van der Waals surface area contributed by atoms with Gasteiger partial charge in [-0.1, -0.05) is 6.92 Å². The molecule has 2 unspecified atom stereocenters. The topological polar surface area (TPSA) is 3.24 Å². The van der Waals surface area contributed by atoms with Crippen molar-refractivity contribution in [3.8, 4) is 0 Å². The van der Waals surface area contributed by atoms with Gasteiger partial charge in [-0.2, -0.15) is 0 Å². The predicted molar refractivity (Wildman–Crippen MR) is 50.0 cm³/mol. The summed E-state index contributed by atoms with van der Waals surface area (Å²) in [7, 11) is 0. The van der Waals surface area contributed by atoms with Gasteiger partial charge in [0, 0.05) is 19.6 Å². The average Bonchev–Trinajstić information content (AvgIpc) is 2.02. The maximum Gasteiger partial charge on any atom is 0.00383 e. The fourth-order valence-electron chi connectivity index (χ4n) is 4.16. The number of rotatable bonds is 1. The summed E-state index contributed by atoms with van der Waals surface area (Å²) in [6, 6.07) is 0. The zero-order valence-corrected chi connectivity index (χ0v) is 8.05. The lowest BCUT2D eigenvalue weighted by Gasteiger charge is -2.58. The summed E-state index contributed by atoms with van der Waals surface area (Å²) < 4.78 is 0. The third-order valence-electron chi connectivity index (χ3n) is 4.45. The first-order valence-corrected chi connectivity index (χ1v) is 5.52. The van der Waals surface area contributed by atoms with E-state index < -0.39 is 0 Å². The molecule has 0 N–H and O–H groups in total. The lowest BCUT2D eigenvalue weighted by atomic mass is 9.59. The van der Waals surface area contributed by atoms with Crippen LogP contribution < -0.4 is 0 Å². The molecule has 0 aromatic heterocycles. The van der Waals surface area contributed by atoms with Gasteiger partial charge >= 0.3 is 0 Å². The molecule has 1 saturated carbocycles. The summed E-state index contributed by atoms with van der Waals surface area (Å²) in [4.78, 5) is 2.73. The van der Waals surface area contributed by atoms with Gasteiger partial charge in [0.25, 0.3) is 0 Å². The minimum atomic E-state index is 0.768. The Morgan fingerprint density at radius 3 is 2.42 bits per heavy atom. The van der Waals surface area contributed by atoms with Crippen LogP contribution in [0.15, 0.2) is 0 Å². The van der Waals surface area contributed by atoms with Crippen LogP contribution in [0.25, 0.3) is 0 Å². The molecule has 0 aromatic rings. The summed E-state index contributed by atoms with van der Waals surface area (Å²) >= 11 is 0. The van der Waals surface area contributed by atoms with Gasteiger partial charge in [-0.3, -0.25) is 0 Å². The maximum atomic E-state index is 2.73. The summed E-state index contributed by atoms with van der Waals surface area (Å²) in [5, 5.41) is 0. The Kier molecular flexibility index (Phi) is 1.39. The van der Waals surface area contributed by atoms with Crippen LogP contribution in [0, 0.1) is 17.3 Å². The highest BCUT2D eigenvalue weighted by atomic mass is 15.2. The number of hydrogen-bond donors (Lipinski definition) is 0. The van der Waals surface area contributed by atoms with Crippen molar-refractivity contribution in [1.29, 1.82) is 0 Å². The molecule has 0 amide bonds. The molecule has 4 rings (SSSR count). The van der Waals surface area contributed by atoms with E-state index in [1.54, 1.807) is 19.3 Å². The monoisotopic (exact) mass is 165 g/mol. The molecule has 4 fully saturated rings. The van der Waals surface area contributed by atoms with Crippen molar-refractivity contribution in [3.63, 3.8) is 0 Å². The molecule has 3 heterocycles. The summed E-state index contributed by atoms with van der Waals surface area (Å²) in [6.45, 7) is 6.68. The van der Waals surface area contributed by atoms with Crippen LogP contribution in [-0.2, 0) is 0 Å². The van der Waals surface area contributed by atoms with E-state index >= 15 is 0 Å². The second kappa shape index (κ2) is 2.25. The summed E-state index contributed by atoms with van der Waals surface area (Å²) in [6.07, 6.45) is 6.09. The molecular weight excluding hydrogens is 146 g/mol. The minimum absolute atomic E-state index is 0.768. The van der Waals surface area contributed by atoms with Crippen molar-refractivity contribution in [2.45, 2.75) is 32.6 Å². The van der Waals surface area contributed by atoms with Crippen molar-refractivity contribution in [3.05, 3.63) is 0 Å². The second-order valence-corrected chi connectivity index (χ2v) is 5.42. The Bertz CT molecular complexity index is 162. The Hall–Kier alpha value is -0.0400. The van der Waals surface area contributed by atoms with E-state index in [0.717, 1.165) is 17.3 Å². The van der Waals surface area contributed by atoms with E-state index in [1.165, 1.54) is 26.1 Å². The molecule has 68 valence electrons. The van der Waals surface area contributed by atoms with Gasteiger partial charge in [0.2, 0.25) is 0 Å². The van der Waals surface area contributed by atoms with Crippen molar-refractivity contribution in [2.24, 2.45) is 17.3 Å². The van der Waals surface area contributed by atoms with E-state index in [2.05, 4.69) is 11.8 Å². The highest BCUT2D eigenvalue weighted by Gasteiger charge is 2.48. The fourth-order valence-corrected chi connectivity index (χ4v) is 4.16. The molecule has 12 heavy (non-hydrogen) atoms. The Morgan fingerprint density at radius 2 is 1.92 bits per heavy atom. The van der Waals surface area contributed by atoms with Crippen molar-refractivity contribution >= 4 is 0 Å². The summed E-state index contributed by atoms with van der Waals surface area (Å²) in [5.41, 5.74) is 0.768. The zero-order valence-electron chi connectivity index (χ0n) is 8.05. The van der Waals surface area contributed by atoms with E-state index in [1.807, 2.05) is 0 Å². The zero-order chi connectivity index (χ0) is 8.18. The number of nitrogens with zero attached hydrogens (tertiary/aromatic N) is 1. The third-order valence-corrected chi connectivity index (χ3v) is 4.45. The Labute approximate surface area is 75.1 Å². The first kappa shape index (κ1) is 7.37. The van der Waals surface area contributed by atoms with Crippen LogP contribution in [-0.4, -0.2) is 24.5 Å². The lowest BCUT2D eigenvalue weighted by molar-refractivity contribution is -0.0806. The number of hydrogen-bond acceptors (Lipinski definition) is 1. The smallest absolute Gasteiger partial charge is 0.00383 e. The van der Waals surface area contributed by atoms with Crippen LogP contribution in [0.5, 0.6) is 0 Å². The van der Waals surface area contributed by atoms with Crippen LogP contribution >= 0.6 is 0 Å². The van der Waals surface area contributed by atoms with Gasteiger partial charge in [-0.25, -0.2) is 0 Å². The Balaban J connectivity index is 1.90. The molecule has 0 spiro atoms. The molecule has 4 bridgehead atoms. The molecule has 0 aromatic carbocycles. The van der Waals surface area contributed by atoms with Crippen molar-refractivity contribution in [2.75, 3.05) is 19.6 Å². The van der Waals surface area contributed by atoms with Crippen molar-refractivity contribution < 1.29 is 0 Å². The molecular formula is C11H19N. The van der Waals surface area contributed by atoms with Gasteiger partial charge in [-0.05, 0) is 42.9 Å². The first-order valence-electron chi connectivity index (χ1n) is 5.52. The third kappa shape index (κ3) is 0.891. The summed E-state index contributed by atoms with van der Waals surface area (Å²) in [5.74, 6) is 2.15. The van der Waals surface area contributed by atoms with Crippen LogP contribution in [0.4, 0.5) is 0 Å². The van der Waals surface area contributed by atoms with Gasteiger partial charge in [-0.15, -0.1) is 0 Å². The van der Waals surface area contributed by atoms with E-state index in [4.69, 9.17) is 0 Å². The first-order chi connectivity index (χ1) is 5.80. The normalized spacial score (nSPS) is 56.2. The van der Waals surface area contributed by atoms with Gasteiger partial charge in [0.1, 0.15) is 0 Å². The lowest BCUT2D eigenvalue weighted by Crippen LogP contribution is -2.58. The minimum Gasteiger partial charge on any atom is -0.302 e. The molecule has 1 nitrogen and oxygen atoms in total. The van der Waals surface area contributed by atoms with Gasteiger partial charge in [0.05, 0.1) is 0 Å². The SMILES string of the molecule is CCC12CC3CC(CN(C3)C1)C2. The molecule has 1 heteroatoms. The van der Waals surface area contributed by atoms with Gasteiger partial charge < -0.3 is 4.90 Å². The van der Waals surface area contributed by atoms with E-state index in [-0.39, 0.29) is 0 Å². The van der Waals surface area contributed by atoms with Gasteiger partial charge in [0.15, 0.2) is 0 Å². The fraction of sp³-hybridized carbons (Fsp3) is 1.00. The average molecular weight is 165 g/mol. The molecule has 1 aliphatic carbocycles. The van der Waals surface area contributed by atoms with E-state index in [9.17, 15) is 0 Å². The van der Waals surface area contributed by atoms with Crippen LogP contribution in [0.2, 0.25) is 0 Å². The maximum absolute atomic E-state index is 2.73. The molecule has 3 saturated heterocycles. The Morgan fingerprint density at radius 1 is 1.25 bits per heavy atom. The van der Waals surface area contributed by atoms with Crippen molar-refractivity contribution in [1.82, 2.24) is 4.90 Å². The van der Waals surface area contributed by atoms with E-state index in [0.29, 0.717) is 0 Å². The number of piperidine rings is 3. The predicted octanol–water partition coefficient (Wildman–Crippen LogP) is 2.13. The largest absolute Gasteiger partial charge is 0.302 e. The highest BCUT2D eigenvalue weighted by molar-refractivity contribution is 5.01. The molecule has 3 aliphatic heterocycles. The molecule has 4 aliphatic rings. The highest BCUT2D eigenvalue weighted by Crippen LogP contribution is 2.52. The molecule has 0 radical (unpaired) electrons. The van der Waals surface area contributed by atoms with Crippen LogP contribution in [0.3, 0.4) is 0 Å². The van der Waals surface area contributed by atoms with Crippen LogP contribution in [0.1, 0.15) is 32.6 Å².